The Bertz CT molecular complexity index is 250. The standard InChI is InChI=1S/C12H23NO2S/c1-12(2,3)11(15)16-9-7-5-6-8(13-4)10(9)14/h8-10,13-14H,5-7H2,1-4H3/t8-,9+,10+/m0/s1. The molecule has 0 spiro atoms. The molecule has 0 aliphatic heterocycles. The van der Waals surface area contributed by atoms with Crippen LogP contribution in [0.1, 0.15) is 40.0 Å². The number of aliphatic hydroxyl groups is 1. The summed E-state index contributed by atoms with van der Waals surface area (Å²) in [5, 5.41) is 13.5. The van der Waals surface area contributed by atoms with Crippen LogP contribution in [-0.4, -0.2) is 34.7 Å². The summed E-state index contributed by atoms with van der Waals surface area (Å²) >= 11 is 1.33. The van der Waals surface area contributed by atoms with Crippen LogP contribution in [0.4, 0.5) is 0 Å². The maximum atomic E-state index is 11.9. The van der Waals surface area contributed by atoms with Crippen molar-refractivity contribution in [1.82, 2.24) is 5.32 Å². The van der Waals surface area contributed by atoms with Crippen LogP contribution < -0.4 is 5.32 Å². The molecule has 0 heterocycles. The van der Waals surface area contributed by atoms with E-state index in [1.54, 1.807) is 0 Å². The monoisotopic (exact) mass is 245 g/mol. The van der Waals surface area contributed by atoms with E-state index < -0.39 is 6.10 Å². The van der Waals surface area contributed by atoms with Gasteiger partial charge in [-0.05, 0) is 19.9 Å². The molecule has 4 heteroatoms. The fourth-order valence-electron chi connectivity index (χ4n) is 1.90. The second-order valence-corrected chi connectivity index (χ2v) is 6.72. The molecule has 1 rings (SSSR count). The summed E-state index contributed by atoms with van der Waals surface area (Å²) in [6.45, 7) is 5.77. The molecular weight excluding hydrogens is 222 g/mol. The van der Waals surface area contributed by atoms with Gasteiger partial charge in [0.05, 0.1) is 6.10 Å². The molecule has 3 nitrogen and oxygen atoms in total. The average Bonchev–Trinajstić information content (AvgIpc) is 2.19. The van der Waals surface area contributed by atoms with Gasteiger partial charge in [0.2, 0.25) is 0 Å². The van der Waals surface area contributed by atoms with Gasteiger partial charge in [-0.1, -0.05) is 39.0 Å². The highest BCUT2D eigenvalue weighted by molar-refractivity contribution is 8.14. The zero-order valence-corrected chi connectivity index (χ0v) is 11.4. The summed E-state index contributed by atoms with van der Waals surface area (Å²) in [6.07, 6.45) is 2.61. The first-order chi connectivity index (χ1) is 7.36. The van der Waals surface area contributed by atoms with Crippen LogP contribution in [0.25, 0.3) is 0 Å². The summed E-state index contributed by atoms with van der Waals surface area (Å²) in [4.78, 5) is 11.9. The van der Waals surface area contributed by atoms with E-state index in [-0.39, 0.29) is 21.8 Å². The first kappa shape index (κ1) is 14.0. The number of hydrogen-bond acceptors (Lipinski definition) is 4. The molecular formula is C12H23NO2S. The Morgan fingerprint density at radius 1 is 1.38 bits per heavy atom. The second kappa shape index (κ2) is 5.52. The van der Waals surface area contributed by atoms with Crippen LogP contribution in [0.15, 0.2) is 0 Å². The topological polar surface area (TPSA) is 49.3 Å². The molecule has 0 aromatic carbocycles. The molecule has 94 valence electrons. The van der Waals surface area contributed by atoms with Crippen molar-refractivity contribution < 1.29 is 9.90 Å². The van der Waals surface area contributed by atoms with Crippen molar-refractivity contribution in [2.45, 2.75) is 57.4 Å². The molecule has 0 amide bonds. The molecule has 1 saturated carbocycles. The van der Waals surface area contributed by atoms with Gasteiger partial charge in [-0.3, -0.25) is 4.79 Å². The minimum atomic E-state index is -0.407. The number of hydrogen-bond donors (Lipinski definition) is 2. The SMILES string of the molecule is CN[C@H]1CCC[C@@H](SC(=O)C(C)(C)C)[C@@H]1O. The average molecular weight is 245 g/mol. The zero-order chi connectivity index (χ0) is 12.3. The largest absolute Gasteiger partial charge is 0.390 e. The van der Waals surface area contributed by atoms with E-state index in [1.165, 1.54) is 11.8 Å². The fourth-order valence-corrected chi connectivity index (χ4v) is 3.14. The summed E-state index contributed by atoms with van der Waals surface area (Å²) in [5.41, 5.74) is -0.322. The van der Waals surface area contributed by atoms with Crippen molar-refractivity contribution >= 4 is 16.9 Å². The molecule has 0 bridgehead atoms. The quantitative estimate of drug-likeness (QED) is 0.779. The lowest BCUT2D eigenvalue weighted by molar-refractivity contribution is -0.117. The van der Waals surface area contributed by atoms with Crippen LogP contribution in [0.2, 0.25) is 0 Å². The minimum Gasteiger partial charge on any atom is -0.390 e. The van der Waals surface area contributed by atoms with Crippen LogP contribution in [0.5, 0.6) is 0 Å². The minimum absolute atomic E-state index is 0.0536. The number of carbonyl (C=O) groups is 1. The zero-order valence-electron chi connectivity index (χ0n) is 10.6. The highest BCUT2D eigenvalue weighted by atomic mass is 32.2. The Hall–Kier alpha value is -0.0600. The number of carbonyl (C=O) groups excluding carboxylic acids is 1. The highest BCUT2D eigenvalue weighted by Gasteiger charge is 2.35. The Morgan fingerprint density at radius 3 is 2.50 bits per heavy atom. The highest BCUT2D eigenvalue weighted by Crippen LogP contribution is 2.34. The van der Waals surface area contributed by atoms with Gasteiger partial charge in [0, 0.05) is 16.7 Å². The van der Waals surface area contributed by atoms with E-state index in [2.05, 4.69) is 5.32 Å². The van der Waals surface area contributed by atoms with Crippen LogP contribution in [0.3, 0.4) is 0 Å². The van der Waals surface area contributed by atoms with Crippen LogP contribution in [0, 0.1) is 5.41 Å². The Labute approximate surface area is 102 Å². The lowest BCUT2D eigenvalue weighted by Gasteiger charge is -2.34. The van der Waals surface area contributed by atoms with Crippen molar-refractivity contribution in [3.05, 3.63) is 0 Å². The fraction of sp³-hybridized carbons (Fsp3) is 0.917. The van der Waals surface area contributed by atoms with Crippen molar-refractivity contribution in [3.63, 3.8) is 0 Å². The summed E-state index contributed by atoms with van der Waals surface area (Å²) in [6, 6.07) is 0.138. The normalized spacial score (nSPS) is 31.4. The van der Waals surface area contributed by atoms with Crippen LogP contribution in [-0.2, 0) is 4.79 Å². The van der Waals surface area contributed by atoms with Gasteiger partial charge in [0.25, 0.3) is 0 Å². The number of rotatable bonds is 2. The smallest absolute Gasteiger partial charge is 0.194 e. The molecule has 2 N–H and O–H groups in total. The van der Waals surface area contributed by atoms with E-state index in [0.717, 1.165) is 19.3 Å². The number of nitrogens with one attached hydrogen (secondary N) is 1. The van der Waals surface area contributed by atoms with Gasteiger partial charge in [0.1, 0.15) is 0 Å². The van der Waals surface area contributed by atoms with Gasteiger partial charge in [-0.15, -0.1) is 0 Å². The van der Waals surface area contributed by atoms with Gasteiger partial charge in [-0.2, -0.15) is 0 Å². The molecule has 0 unspecified atom stereocenters. The maximum Gasteiger partial charge on any atom is 0.194 e. The Kier molecular flexibility index (Phi) is 4.83. The molecule has 0 radical (unpaired) electrons. The van der Waals surface area contributed by atoms with Gasteiger partial charge >= 0.3 is 0 Å². The first-order valence-corrected chi connectivity index (χ1v) is 6.80. The lowest BCUT2D eigenvalue weighted by atomic mass is 9.92. The summed E-state index contributed by atoms with van der Waals surface area (Å²) in [5.74, 6) is 0. The second-order valence-electron chi connectivity index (χ2n) is 5.51. The molecule has 1 aliphatic rings. The van der Waals surface area contributed by atoms with Crippen molar-refractivity contribution in [2.24, 2.45) is 5.41 Å². The Morgan fingerprint density at radius 2 is 2.00 bits per heavy atom. The van der Waals surface area contributed by atoms with E-state index in [1.807, 2.05) is 27.8 Å². The van der Waals surface area contributed by atoms with Gasteiger partial charge < -0.3 is 10.4 Å². The molecule has 0 aromatic rings. The number of thioether (sulfide) groups is 1. The summed E-state index contributed by atoms with van der Waals surface area (Å²) in [7, 11) is 1.87. The number of aliphatic hydroxyl groups excluding tert-OH is 1. The first-order valence-electron chi connectivity index (χ1n) is 5.92. The lowest BCUT2D eigenvalue weighted by Crippen LogP contribution is -2.47. The Balaban J connectivity index is 2.57. The van der Waals surface area contributed by atoms with Crippen molar-refractivity contribution in [1.29, 1.82) is 0 Å². The molecule has 3 atom stereocenters. The molecule has 1 aliphatic carbocycles. The third-order valence-electron chi connectivity index (χ3n) is 3.04. The van der Waals surface area contributed by atoms with Crippen LogP contribution >= 0.6 is 11.8 Å². The molecule has 0 aromatic heterocycles. The number of likely N-dealkylation sites (N-methyl/N-ethyl adjacent to an activating group) is 1. The van der Waals surface area contributed by atoms with Crippen molar-refractivity contribution in [3.8, 4) is 0 Å². The predicted octanol–water partition coefficient (Wildman–Crippen LogP) is 1.79. The summed E-state index contributed by atoms with van der Waals surface area (Å²) < 4.78 is 0. The molecule has 16 heavy (non-hydrogen) atoms. The maximum absolute atomic E-state index is 11.9. The van der Waals surface area contributed by atoms with E-state index in [0.29, 0.717) is 0 Å². The van der Waals surface area contributed by atoms with Crippen molar-refractivity contribution in [2.75, 3.05) is 7.05 Å². The van der Waals surface area contributed by atoms with Gasteiger partial charge in [-0.25, -0.2) is 0 Å². The predicted molar refractivity (Wildman–Crippen MR) is 68.5 cm³/mol. The van der Waals surface area contributed by atoms with E-state index >= 15 is 0 Å². The van der Waals surface area contributed by atoms with Gasteiger partial charge in [0.15, 0.2) is 5.12 Å². The molecule has 0 saturated heterocycles. The van der Waals surface area contributed by atoms with E-state index in [9.17, 15) is 9.90 Å². The third kappa shape index (κ3) is 3.47. The third-order valence-corrected chi connectivity index (χ3v) is 4.68. The molecule has 1 fully saturated rings. The van der Waals surface area contributed by atoms with E-state index in [4.69, 9.17) is 0 Å².